The van der Waals surface area contributed by atoms with Crippen molar-refractivity contribution in [1.82, 2.24) is 19.5 Å². The standard InChI is InChI=1S/C13H14N4O4/c18-12(19)6-9-8-21-5-4-16(9)13(20)10-7-14-11-2-1-3-15-17(10)11/h1-3,7,9H,4-6,8H2,(H,18,19). The number of rotatable bonds is 3. The van der Waals surface area contributed by atoms with Gasteiger partial charge in [-0.3, -0.25) is 9.59 Å². The van der Waals surface area contributed by atoms with Gasteiger partial charge in [0.15, 0.2) is 11.3 Å². The first-order valence-electron chi connectivity index (χ1n) is 6.56. The molecule has 1 atom stereocenters. The monoisotopic (exact) mass is 290 g/mol. The average molecular weight is 290 g/mol. The lowest BCUT2D eigenvalue weighted by molar-refractivity contribution is -0.139. The zero-order valence-electron chi connectivity index (χ0n) is 11.2. The van der Waals surface area contributed by atoms with Crippen molar-refractivity contribution in [2.45, 2.75) is 12.5 Å². The van der Waals surface area contributed by atoms with Gasteiger partial charge in [-0.15, -0.1) is 0 Å². The Morgan fingerprint density at radius 3 is 3.14 bits per heavy atom. The molecule has 8 nitrogen and oxygen atoms in total. The minimum atomic E-state index is -0.959. The van der Waals surface area contributed by atoms with Gasteiger partial charge in [0.25, 0.3) is 5.91 Å². The Morgan fingerprint density at radius 2 is 2.33 bits per heavy atom. The smallest absolute Gasteiger partial charge is 0.305 e. The van der Waals surface area contributed by atoms with Crippen LogP contribution in [0.5, 0.6) is 0 Å². The van der Waals surface area contributed by atoms with Gasteiger partial charge in [-0.05, 0) is 12.1 Å². The number of carboxylic acids is 1. The Balaban J connectivity index is 1.90. The number of fused-ring (bicyclic) bond motifs is 1. The number of morpholine rings is 1. The third-order valence-electron chi connectivity index (χ3n) is 3.40. The number of amides is 1. The highest BCUT2D eigenvalue weighted by molar-refractivity contribution is 5.93. The minimum absolute atomic E-state index is 0.143. The molecule has 3 heterocycles. The Morgan fingerprint density at radius 1 is 1.48 bits per heavy atom. The Labute approximate surface area is 119 Å². The van der Waals surface area contributed by atoms with Crippen LogP contribution in [0.25, 0.3) is 5.65 Å². The van der Waals surface area contributed by atoms with E-state index in [-0.39, 0.29) is 18.9 Å². The van der Waals surface area contributed by atoms with Crippen LogP contribution in [0.1, 0.15) is 16.9 Å². The lowest BCUT2D eigenvalue weighted by atomic mass is 10.1. The third kappa shape index (κ3) is 2.57. The van der Waals surface area contributed by atoms with E-state index in [0.717, 1.165) is 0 Å². The molecule has 0 spiro atoms. The van der Waals surface area contributed by atoms with Crippen molar-refractivity contribution in [2.75, 3.05) is 19.8 Å². The van der Waals surface area contributed by atoms with Gasteiger partial charge in [-0.2, -0.15) is 5.10 Å². The largest absolute Gasteiger partial charge is 0.481 e. The summed E-state index contributed by atoms with van der Waals surface area (Å²) in [5.74, 6) is -1.24. The van der Waals surface area contributed by atoms with Gasteiger partial charge < -0.3 is 14.7 Å². The van der Waals surface area contributed by atoms with Gasteiger partial charge >= 0.3 is 5.97 Å². The molecule has 8 heteroatoms. The van der Waals surface area contributed by atoms with Crippen molar-refractivity contribution in [3.63, 3.8) is 0 Å². The van der Waals surface area contributed by atoms with Gasteiger partial charge in [0, 0.05) is 12.7 Å². The molecular weight excluding hydrogens is 276 g/mol. The van der Waals surface area contributed by atoms with Crippen LogP contribution < -0.4 is 0 Å². The molecule has 0 radical (unpaired) electrons. The zero-order valence-corrected chi connectivity index (χ0v) is 11.2. The van der Waals surface area contributed by atoms with Gasteiger partial charge in [0.2, 0.25) is 0 Å². The van der Waals surface area contributed by atoms with Crippen LogP contribution in [-0.4, -0.2) is 62.3 Å². The number of aromatic nitrogens is 3. The maximum Gasteiger partial charge on any atom is 0.305 e. The first-order valence-corrected chi connectivity index (χ1v) is 6.56. The van der Waals surface area contributed by atoms with Crippen LogP contribution in [0, 0.1) is 0 Å². The highest BCUT2D eigenvalue weighted by Crippen LogP contribution is 2.15. The molecule has 0 aromatic carbocycles. The summed E-state index contributed by atoms with van der Waals surface area (Å²) in [6, 6.07) is 3.01. The van der Waals surface area contributed by atoms with E-state index in [2.05, 4.69) is 10.1 Å². The Kier molecular flexibility index (Phi) is 3.53. The molecular formula is C13H14N4O4. The molecule has 110 valence electrons. The lowest BCUT2D eigenvalue weighted by Gasteiger charge is -2.34. The van der Waals surface area contributed by atoms with Crippen molar-refractivity contribution in [2.24, 2.45) is 0 Å². The van der Waals surface area contributed by atoms with Crippen LogP contribution in [0.3, 0.4) is 0 Å². The number of hydrogen-bond donors (Lipinski definition) is 1. The fourth-order valence-corrected chi connectivity index (χ4v) is 2.42. The van der Waals surface area contributed by atoms with E-state index in [4.69, 9.17) is 9.84 Å². The molecule has 2 aromatic rings. The molecule has 1 amide bonds. The van der Waals surface area contributed by atoms with Crippen LogP contribution in [0.4, 0.5) is 0 Å². The molecule has 2 aromatic heterocycles. The molecule has 0 aliphatic carbocycles. The summed E-state index contributed by atoms with van der Waals surface area (Å²) in [7, 11) is 0. The zero-order chi connectivity index (χ0) is 14.8. The number of imidazole rings is 1. The molecule has 1 unspecified atom stereocenters. The number of carbonyl (C=O) groups is 2. The van der Waals surface area contributed by atoms with Crippen LogP contribution in [0.15, 0.2) is 24.5 Å². The molecule has 1 aliphatic rings. The van der Waals surface area contributed by atoms with Gasteiger partial charge in [0.1, 0.15) is 0 Å². The highest BCUT2D eigenvalue weighted by Gasteiger charge is 2.31. The number of nitrogens with zero attached hydrogens (tertiary/aromatic N) is 4. The van der Waals surface area contributed by atoms with Gasteiger partial charge in [-0.25, -0.2) is 9.50 Å². The lowest BCUT2D eigenvalue weighted by Crippen LogP contribution is -2.49. The molecule has 21 heavy (non-hydrogen) atoms. The van der Waals surface area contributed by atoms with E-state index >= 15 is 0 Å². The number of carbonyl (C=O) groups excluding carboxylic acids is 1. The van der Waals surface area contributed by atoms with E-state index in [1.807, 2.05) is 0 Å². The second-order valence-corrected chi connectivity index (χ2v) is 4.76. The second-order valence-electron chi connectivity index (χ2n) is 4.76. The summed E-state index contributed by atoms with van der Waals surface area (Å²) < 4.78 is 6.73. The second kappa shape index (κ2) is 5.49. The van der Waals surface area contributed by atoms with Gasteiger partial charge in [0.05, 0.1) is 31.9 Å². The van der Waals surface area contributed by atoms with Crippen molar-refractivity contribution in [3.05, 3.63) is 30.2 Å². The van der Waals surface area contributed by atoms with Crippen molar-refractivity contribution >= 4 is 17.5 Å². The Bertz CT molecular complexity index is 684. The minimum Gasteiger partial charge on any atom is -0.481 e. The highest BCUT2D eigenvalue weighted by atomic mass is 16.5. The number of hydrogen-bond acceptors (Lipinski definition) is 5. The summed E-state index contributed by atoms with van der Waals surface area (Å²) in [6.07, 6.45) is 2.88. The van der Waals surface area contributed by atoms with E-state index in [9.17, 15) is 9.59 Å². The maximum absolute atomic E-state index is 12.6. The van der Waals surface area contributed by atoms with Crippen molar-refractivity contribution in [1.29, 1.82) is 0 Å². The normalized spacial score (nSPS) is 18.9. The molecule has 1 N–H and O–H groups in total. The average Bonchev–Trinajstić information content (AvgIpc) is 2.90. The molecule has 1 aliphatic heterocycles. The number of carboxylic acid groups (broad SMARTS) is 1. The SMILES string of the molecule is O=C(O)CC1COCCN1C(=O)c1cnc2cccnn12. The van der Waals surface area contributed by atoms with Crippen molar-refractivity contribution < 1.29 is 19.4 Å². The predicted octanol–water partition coefficient (Wildman–Crippen LogP) is 0.0450. The molecule has 0 saturated carbocycles. The van der Waals surface area contributed by atoms with E-state index in [0.29, 0.717) is 24.5 Å². The molecule has 3 rings (SSSR count). The fourth-order valence-electron chi connectivity index (χ4n) is 2.42. The summed E-state index contributed by atoms with van der Waals surface area (Å²) in [6.45, 7) is 0.977. The van der Waals surface area contributed by atoms with E-state index < -0.39 is 12.0 Å². The van der Waals surface area contributed by atoms with E-state index in [1.165, 1.54) is 15.6 Å². The molecule has 1 fully saturated rings. The number of ether oxygens (including phenoxy) is 1. The predicted molar refractivity (Wildman–Crippen MR) is 70.9 cm³/mol. The molecule has 1 saturated heterocycles. The summed E-state index contributed by atoms with van der Waals surface area (Å²) >= 11 is 0. The molecule has 0 bridgehead atoms. The Hall–Kier alpha value is -2.48. The summed E-state index contributed by atoms with van der Waals surface area (Å²) in [4.78, 5) is 29.2. The maximum atomic E-state index is 12.6. The summed E-state index contributed by atoms with van der Waals surface area (Å²) in [5.41, 5.74) is 0.895. The number of aliphatic carboxylic acids is 1. The first kappa shape index (κ1) is 13.5. The van der Waals surface area contributed by atoms with Crippen LogP contribution in [0.2, 0.25) is 0 Å². The van der Waals surface area contributed by atoms with E-state index in [1.54, 1.807) is 18.3 Å². The third-order valence-corrected chi connectivity index (χ3v) is 3.40. The van der Waals surface area contributed by atoms with Crippen LogP contribution in [-0.2, 0) is 9.53 Å². The van der Waals surface area contributed by atoms with Crippen molar-refractivity contribution in [3.8, 4) is 0 Å². The quantitative estimate of drug-likeness (QED) is 0.857. The first-order chi connectivity index (χ1) is 10.2. The summed E-state index contributed by atoms with van der Waals surface area (Å²) in [5, 5.41) is 13.0. The van der Waals surface area contributed by atoms with Gasteiger partial charge in [-0.1, -0.05) is 0 Å². The van der Waals surface area contributed by atoms with Crippen LogP contribution >= 0.6 is 0 Å². The topological polar surface area (TPSA) is 97.0 Å². The fraction of sp³-hybridized carbons (Fsp3) is 0.385.